The predicted molar refractivity (Wildman–Crippen MR) is 159 cm³/mol. The number of ether oxygens (including phenoxy) is 2. The highest BCUT2D eigenvalue weighted by Gasteiger charge is 2.20. The number of anilines is 2. The Morgan fingerprint density at radius 3 is 2.46 bits per heavy atom. The normalized spacial score (nSPS) is 15.9. The highest BCUT2D eigenvalue weighted by Crippen LogP contribution is 2.32. The average Bonchev–Trinajstić information content (AvgIpc) is 3.13. The molecule has 2 aliphatic rings. The number of hydrogen-bond donors (Lipinski definition) is 1. The lowest BCUT2D eigenvalue weighted by Gasteiger charge is -2.31. The van der Waals surface area contributed by atoms with Crippen LogP contribution in [0.3, 0.4) is 0 Å². The van der Waals surface area contributed by atoms with E-state index < -0.39 is 0 Å². The van der Waals surface area contributed by atoms with Gasteiger partial charge in [-0.2, -0.15) is 0 Å². The van der Waals surface area contributed by atoms with Crippen LogP contribution >= 0.6 is 0 Å². The lowest BCUT2D eigenvalue weighted by atomic mass is 10.00. The summed E-state index contributed by atoms with van der Waals surface area (Å²) < 4.78 is 11.1. The minimum absolute atomic E-state index is 0.0465. The lowest BCUT2D eigenvalue weighted by molar-refractivity contribution is -0.112. The molecule has 0 bridgehead atoms. The number of benzene rings is 3. The first-order chi connectivity index (χ1) is 19.0. The fourth-order valence-corrected chi connectivity index (χ4v) is 5.40. The highest BCUT2D eigenvalue weighted by molar-refractivity contribution is 6.07. The molecule has 0 aromatic heterocycles. The molecule has 1 saturated heterocycles. The van der Waals surface area contributed by atoms with E-state index in [1.54, 1.807) is 0 Å². The molecule has 6 heteroatoms. The SMILES string of the molecule is CCOc1ccc(-c2ccc3c(c2)C=C(C(=O)Nc2ccc(CN(C)C4CCOCC4)cc2)CCN3C)cc1. The molecule has 1 N–H and O–H groups in total. The first-order valence-electron chi connectivity index (χ1n) is 14.0. The first kappa shape index (κ1) is 27.0. The Morgan fingerprint density at radius 2 is 1.74 bits per heavy atom. The molecular weight excluding hydrogens is 486 g/mol. The van der Waals surface area contributed by atoms with Crippen molar-refractivity contribution in [2.24, 2.45) is 0 Å². The molecule has 0 spiro atoms. The highest BCUT2D eigenvalue weighted by atomic mass is 16.5. The quantitative estimate of drug-likeness (QED) is 0.378. The Labute approximate surface area is 232 Å². The van der Waals surface area contributed by atoms with Crippen LogP contribution in [0.4, 0.5) is 11.4 Å². The van der Waals surface area contributed by atoms with Crippen LogP contribution in [0, 0.1) is 0 Å². The van der Waals surface area contributed by atoms with E-state index in [-0.39, 0.29) is 5.91 Å². The second kappa shape index (κ2) is 12.5. The molecule has 1 amide bonds. The summed E-state index contributed by atoms with van der Waals surface area (Å²) in [5.41, 5.74) is 7.27. The fraction of sp³-hybridized carbons (Fsp3) is 0.364. The van der Waals surface area contributed by atoms with Gasteiger partial charge in [-0.3, -0.25) is 9.69 Å². The topological polar surface area (TPSA) is 54.0 Å². The molecule has 6 nitrogen and oxygen atoms in total. The van der Waals surface area contributed by atoms with Crippen LogP contribution in [0.25, 0.3) is 17.2 Å². The summed E-state index contributed by atoms with van der Waals surface area (Å²) in [5, 5.41) is 3.12. The molecule has 39 heavy (non-hydrogen) atoms. The van der Waals surface area contributed by atoms with Crippen molar-refractivity contribution in [3.8, 4) is 16.9 Å². The third kappa shape index (κ3) is 6.70. The monoisotopic (exact) mass is 525 g/mol. The summed E-state index contributed by atoms with van der Waals surface area (Å²) >= 11 is 0. The molecule has 0 unspecified atom stereocenters. The molecule has 0 saturated carbocycles. The van der Waals surface area contributed by atoms with E-state index in [1.807, 2.05) is 37.3 Å². The number of carbonyl (C=O) groups excluding carboxylic acids is 1. The Bertz CT molecular complexity index is 1290. The third-order valence-electron chi connectivity index (χ3n) is 7.73. The fourth-order valence-electron chi connectivity index (χ4n) is 5.40. The van der Waals surface area contributed by atoms with Crippen LogP contribution in [0.5, 0.6) is 5.75 Å². The van der Waals surface area contributed by atoms with E-state index in [0.717, 1.165) is 78.5 Å². The molecular formula is C33H39N3O3. The minimum Gasteiger partial charge on any atom is -0.494 e. The van der Waals surface area contributed by atoms with Crippen molar-refractivity contribution in [2.75, 3.05) is 50.7 Å². The zero-order valence-corrected chi connectivity index (χ0v) is 23.3. The van der Waals surface area contributed by atoms with Crippen LogP contribution in [-0.4, -0.2) is 57.3 Å². The minimum atomic E-state index is -0.0465. The van der Waals surface area contributed by atoms with Gasteiger partial charge < -0.3 is 19.7 Å². The van der Waals surface area contributed by atoms with Crippen molar-refractivity contribution < 1.29 is 14.3 Å². The maximum absolute atomic E-state index is 13.3. The summed E-state index contributed by atoms with van der Waals surface area (Å²) in [6.07, 6.45) is 4.90. The number of nitrogens with one attached hydrogen (secondary N) is 1. The Kier molecular flexibility index (Phi) is 8.64. The summed E-state index contributed by atoms with van der Waals surface area (Å²) in [6.45, 7) is 6.01. The number of nitrogens with zero attached hydrogens (tertiary/aromatic N) is 2. The molecule has 0 aliphatic carbocycles. The van der Waals surface area contributed by atoms with Crippen molar-refractivity contribution >= 4 is 23.4 Å². The molecule has 2 aliphatic heterocycles. The van der Waals surface area contributed by atoms with Gasteiger partial charge >= 0.3 is 0 Å². The Hall–Kier alpha value is -3.61. The van der Waals surface area contributed by atoms with Crippen molar-refractivity contribution in [3.05, 3.63) is 83.4 Å². The van der Waals surface area contributed by atoms with Crippen LogP contribution in [0.15, 0.2) is 72.3 Å². The second-order valence-electron chi connectivity index (χ2n) is 10.5. The molecule has 5 rings (SSSR count). The Balaban J connectivity index is 1.28. The van der Waals surface area contributed by atoms with Gasteiger partial charge in [-0.25, -0.2) is 0 Å². The zero-order chi connectivity index (χ0) is 27.2. The van der Waals surface area contributed by atoms with Crippen molar-refractivity contribution in [3.63, 3.8) is 0 Å². The van der Waals surface area contributed by atoms with Crippen molar-refractivity contribution in [1.29, 1.82) is 0 Å². The summed E-state index contributed by atoms with van der Waals surface area (Å²) in [6, 6.07) is 23.4. The number of hydrogen-bond acceptors (Lipinski definition) is 5. The number of fused-ring (bicyclic) bond motifs is 1. The summed E-state index contributed by atoms with van der Waals surface area (Å²) in [4.78, 5) is 18.0. The molecule has 3 aromatic carbocycles. The second-order valence-corrected chi connectivity index (χ2v) is 10.5. The van der Waals surface area contributed by atoms with Crippen LogP contribution in [0.1, 0.15) is 37.3 Å². The molecule has 3 aromatic rings. The number of carbonyl (C=O) groups is 1. The van der Waals surface area contributed by atoms with E-state index >= 15 is 0 Å². The van der Waals surface area contributed by atoms with E-state index in [1.165, 1.54) is 5.56 Å². The molecule has 0 atom stereocenters. The van der Waals surface area contributed by atoms with Gasteiger partial charge in [-0.05, 0) is 98.0 Å². The van der Waals surface area contributed by atoms with E-state index in [9.17, 15) is 4.79 Å². The van der Waals surface area contributed by atoms with Crippen LogP contribution < -0.4 is 15.0 Å². The van der Waals surface area contributed by atoms with Gasteiger partial charge in [0.15, 0.2) is 0 Å². The van der Waals surface area contributed by atoms with Crippen LogP contribution in [0.2, 0.25) is 0 Å². The van der Waals surface area contributed by atoms with E-state index in [4.69, 9.17) is 9.47 Å². The van der Waals surface area contributed by atoms with E-state index in [2.05, 4.69) is 71.7 Å². The first-order valence-corrected chi connectivity index (χ1v) is 14.0. The van der Waals surface area contributed by atoms with Gasteiger partial charge in [0.05, 0.1) is 6.61 Å². The van der Waals surface area contributed by atoms with Crippen LogP contribution in [-0.2, 0) is 16.1 Å². The van der Waals surface area contributed by atoms with E-state index in [0.29, 0.717) is 19.1 Å². The smallest absolute Gasteiger partial charge is 0.251 e. The zero-order valence-electron chi connectivity index (χ0n) is 23.3. The summed E-state index contributed by atoms with van der Waals surface area (Å²) in [5.74, 6) is 0.823. The van der Waals surface area contributed by atoms with Crippen molar-refractivity contribution in [2.45, 2.75) is 38.8 Å². The van der Waals surface area contributed by atoms with Gasteiger partial charge in [0.2, 0.25) is 0 Å². The third-order valence-corrected chi connectivity index (χ3v) is 7.73. The molecule has 0 radical (unpaired) electrons. The molecule has 2 heterocycles. The maximum atomic E-state index is 13.3. The van der Waals surface area contributed by atoms with Gasteiger partial charge in [-0.15, -0.1) is 0 Å². The number of rotatable bonds is 8. The predicted octanol–water partition coefficient (Wildman–Crippen LogP) is 6.23. The summed E-state index contributed by atoms with van der Waals surface area (Å²) in [7, 11) is 4.26. The van der Waals surface area contributed by atoms with Gasteiger partial charge in [0.1, 0.15) is 5.75 Å². The standard InChI is InChI=1S/C33H39N3O3/c1-4-39-31-12-7-25(8-13-31)26-9-14-32-28(21-26)22-27(15-18-35(32)2)33(37)34-29-10-5-24(6-11-29)23-36(3)30-16-19-38-20-17-30/h5-14,21-22,30H,4,15-20,23H2,1-3H3,(H,34,37). The molecule has 204 valence electrons. The maximum Gasteiger partial charge on any atom is 0.251 e. The average molecular weight is 526 g/mol. The Morgan fingerprint density at radius 1 is 1.03 bits per heavy atom. The van der Waals surface area contributed by atoms with Crippen molar-refractivity contribution in [1.82, 2.24) is 4.90 Å². The molecule has 1 fully saturated rings. The van der Waals surface area contributed by atoms with Gasteiger partial charge in [0.25, 0.3) is 5.91 Å². The van der Waals surface area contributed by atoms with Gasteiger partial charge in [-0.1, -0.05) is 30.3 Å². The number of amides is 1. The lowest BCUT2D eigenvalue weighted by Crippen LogP contribution is -2.36. The van der Waals surface area contributed by atoms with Gasteiger partial charge in [0, 0.05) is 56.3 Å². The largest absolute Gasteiger partial charge is 0.494 e.